The quantitative estimate of drug-likeness (QED) is 0.560. The van der Waals surface area contributed by atoms with Crippen molar-refractivity contribution in [2.45, 2.75) is 38.9 Å². The fourth-order valence-corrected chi connectivity index (χ4v) is 1.03. The molecule has 1 heterocycles. The lowest BCUT2D eigenvalue weighted by atomic mass is 10.2. The SMILES string of the molecule is CCC1(C)OCCCCO1. The summed E-state index contributed by atoms with van der Waals surface area (Å²) in [6.45, 7) is 5.80. The van der Waals surface area contributed by atoms with Gasteiger partial charge in [-0.15, -0.1) is 0 Å². The minimum atomic E-state index is -0.295. The van der Waals surface area contributed by atoms with E-state index >= 15 is 0 Å². The van der Waals surface area contributed by atoms with Gasteiger partial charge in [-0.05, 0) is 26.2 Å². The van der Waals surface area contributed by atoms with Crippen LogP contribution in [-0.2, 0) is 9.47 Å². The van der Waals surface area contributed by atoms with Gasteiger partial charge in [0, 0.05) is 0 Å². The van der Waals surface area contributed by atoms with E-state index in [1.807, 2.05) is 6.92 Å². The van der Waals surface area contributed by atoms with E-state index < -0.39 is 0 Å². The van der Waals surface area contributed by atoms with Crippen LogP contribution < -0.4 is 0 Å². The predicted molar refractivity (Wildman–Crippen MR) is 39.8 cm³/mol. The van der Waals surface area contributed by atoms with Gasteiger partial charge in [-0.1, -0.05) is 6.92 Å². The van der Waals surface area contributed by atoms with E-state index in [0.717, 1.165) is 32.5 Å². The Kier molecular flexibility index (Phi) is 2.69. The Hall–Kier alpha value is -0.0800. The molecule has 0 aliphatic carbocycles. The molecular weight excluding hydrogens is 128 g/mol. The van der Waals surface area contributed by atoms with Crippen LogP contribution in [0.5, 0.6) is 0 Å². The molecule has 0 radical (unpaired) electrons. The fourth-order valence-electron chi connectivity index (χ4n) is 1.03. The summed E-state index contributed by atoms with van der Waals surface area (Å²) in [5.41, 5.74) is 0. The zero-order valence-corrected chi connectivity index (χ0v) is 6.85. The molecule has 0 aromatic carbocycles. The number of hydrogen-bond donors (Lipinski definition) is 0. The predicted octanol–water partition coefficient (Wildman–Crippen LogP) is 1.94. The van der Waals surface area contributed by atoms with Crippen molar-refractivity contribution in [3.8, 4) is 0 Å². The van der Waals surface area contributed by atoms with Crippen molar-refractivity contribution in [3.05, 3.63) is 0 Å². The average Bonchev–Trinajstić information content (AvgIpc) is 2.15. The highest BCUT2D eigenvalue weighted by Crippen LogP contribution is 2.20. The van der Waals surface area contributed by atoms with Crippen molar-refractivity contribution >= 4 is 0 Å². The van der Waals surface area contributed by atoms with Crippen LogP contribution in [0.25, 0.3) is 0 Å². The Bertz CT molecular complexity index is 93.4. The molecule has 2 heteroatoms. The Labute approximate surface area is 62.5 Å². The van der Waals surface area contributed by atoms with E-state index in [2.05, 4.69) is 6.92 Å². The van der Waals surface area contributed by atoms with Gasteiger partial charge in [-0.3, -0.25) is 0 Å². The summed E-state index contributed by atoms with van der Waals surface area (Å²) in [6, 6.07) is 0. The van der Waals surface area contributed by atoms with Crippen molar-refractivity contribution in [1.82, 2.24) is 0 Å². The summed E-state index contributed by atoms with van der Waals surface area (Å²) < 4.78 is 11.0. The van der Waals surface area contributed by atoms with Crippen molar-refractivity contribution < 1.29 is 9.47 Å². The first-order valence-electron chi connectivity index (χ1n) is 4.05. The third kappa shape index (κ3) is 1.96. The standard InChI is InChI=1S/C8H16O2/c1-3-8(2)9-6-4-5-7-10-8/h3-7H2,1-2H3. The molecule has 1 rings (SSSR count). The lowest BCUT2D eigenvalue weighted by Crippen LogP contribution is -2.30. The van der Waals surface area contributed by atoms with E-state index in [1.165, 1.54) is 0 Å². The van der Waals surface area contributed by atoms with E-state index in [0.29, 0.717) is 0 Å². The Morgan fingerprint density at radius 1 is 1.20 bits per heavy atom. The van der Waals surface area contributed by atoms with Crippen LogP contribution in [0.2, 0.25) is 0 Å². The summed E-state index contributed by atoms with van der Waals surface area (Å²) in [4.78, 5) is 0. The molecule has 0 atom stereocenters. The molecule has 0 unspecified atom stereocenters. The van der Waals surface area contributed by atoms with Crippen molar-refractivity contribution in [1.29, 1.82) is 0 Å². The van der Waals surface area contributed by atoms with Gasteiger partial charge < -0.3 is 9.47 Å². The molecule has 1 aliphatic heterocycles. The zero-order valence-electron chi connectivity index (χ0n) is 6.85. The molecule has 0 amide bonds. The minimum Gasteiger partial charge on any atom is -0.350 e. The fraction of sp³-hybridized carbons (Fsp3) is 1.00. The summed E-state index contributed by atoms with van der Waals surface area (Å²) in [5, 5.41) is 0. The molecule has 0 saturated carbocycles. The van der Waals surface area contributed by atoms with Crippen LogP contribution in [0.15, 0.2) is 0 Å². The van der Waals surface area contributed by atoms with Crippen molar-refractivity contribution in [3.63, 3.8) is 0 Å². The average molecular weight is 144 g/mol. The Balaban J connectivity index is 2.41. The number of ether oxygens (including phenoxy) is 2. The van der Waals surface area contributed by atoms with Gasteiger partial charge in [0.05, 0.1) is 13.2 Å². The Morgan fingerprint density at radius 2 is 1.70 bits per heavy atom. The van der Waals surface area contributed by atoms with Crippen LogP contribution in [-0.4, -0.2) is 19.0 Å². The summed E-state index contributed by atoms with van der Waals surface area (Å²) >= 11 is 0. The van der Waals surface area contributed by atoms with Crippen LogP contribution in [0.3, 0.4) is 0 Å². The molecule has 10 heavy (non-hydrogen) atoms. The smallest absolute Gasteiger partial charge is 0.165 e. The van der Waals surface area contributed by atoms with Crippen LogP contribution in [0.1, 0.15) is 33.1 Å². The zero-order chi connectivity index (χ0) is 7.45. The highest BCUT2D eigenvalue weighted by molar-refractivity contribution is 4.62. The topological polar surface area (TPSA) is 18.5 Å². The minimum absolute atomic E-state index is 0.295. The number of rotatable bonds is 1. The summed E-state index contributed by atoms with van der Waals surface area (Å²) in [6.07, 6.45) is 3.21. The molecule has 2 nitrogen and oxygen atoms in total. The van der Waals surface area contributed by atoms with Gasteiger partial charge >= 0.3 is 0 Å². The highest BCUT2D eigenvalue weighted by atomic mass is 16.7. The van der Waals surface area contributed by atoms with E-state index in [1.54, 1.807) is 0 Å². The molecule has 0 bridgehead atoms. The number of hydrogen-bond acceptors (Lipinski definition) is 2. The van der Waals surface area contributed by atoms with Gasteiger partial charge in [0.1, 0.15) is 0 Å². The highest BCUT2D eigenvalue weighted by Gasteiger charge is 2.24. The largest absolute Gasteiger partial charge is 0.350 e. The molecule has 1 saturated heterocycles. The van der Waals surface area contributed by atoms with Gasteiger partial charge in [0.15, 0.2) is 5.79 Å². The first-order valence-corrected chi connectivity index (χ1v) is 4.05. The van der Waals surface area contributed by atoms with E-state index in [4.69, 9.17) is 9.47 Å². The third-order valence-electron chi connectivity index (χ3n) is 2.00. The maximum Gasteiger partial charge on any atom is 0.165 e. The Morgan fingerprint density at radius 3 is 2.10 bits per heavy atom. The second-order valence-electron chi connectivity index (χ2n) is 2.89. The maximum atomic E-state index is 5.52. The van der Waals surface area contributed by atoms with Gasteiger partial charge in [0.25, 0.3) is 0 Å². The van der Waals surface area contributed by atoms with E-state index in [-0.39, 0.29) is 5.79 Å². The summed E-state index contributed by atoms with van der Waals surface area (Å²) in [7, 11) is 0. The third-order valence-corrected chi connectivity index (χ3v) is 2.00. The summed E-state index contributed by atoms with van der Waals surface area (Å²) in [5.74, 6) is -0.295. The first-order chi connectivity index (χ1) is 4.77. The van der Waals surface area contributed by atoms with Crippen LogP contribution in [0, 0.1) is 0 Å². The normalized spacial score (nSPS) is 25.8. The lowest BCUT2D eigenvalue weighted by molar-refractivity contribution is -0.213. The molecule has 0 aromatic rings. The van der Waals surface area contributed by atoms with Crippen molar-refractivity contribution in [2.75, 3.05) is 13.2 Å². The lowest BCUT2D eigenvalue weighted by Gasteiger charge is -2.26. The molecule has 0 spiro atoms. The molecular formula is C8H16O2. The van der Waals surface area contributed by atoms with Gasteiger partial charge in [-0.2, -0.15) is 0 Å². The van der Waals surface area contributed by atoms with Crippen LogP contribution >= 0.6 is 0 Å². The molecule has 1 aliphatic rings. The molecule has 1 fully saturated rings. The van der Waals surface area contributed by atoms with Crippen molar-refractivity contribution in [2.24, 2.45) is 0 Å². The van der Waals surface area contributed by atoms with Gasteiger partial charge in [-0.25, -0.2) is 0 Å². The monoisotopic (exact) mass is 144 g/mol. The van der Waals surface area contributed by atoms with Gasteiger partial charge in [0.2, 0.25) is 0 Å². The molecule has 0 N–H and O–H groups in total. The molecule has 60 valence electrons. The maximum absolute atomic E-state index is 5.52. The van der Waals surface area contributed by atoms with E-state index in [9.17, 15) is 0 Å². The second-order valence-corrected chi connectivity index (χ2v) is 2.89. The van der Waals surface area contributed by atoms with Crippen LogP contribution in [0.4, 0.5) is 0 Å². The molecule has 0 aromatic heterocycles. The second kappa shape index (κ2) is 3.35. The first kappa shape index (κ1) is 8.02.